The second kappa shape index (κ2) is 21.0. The number of benzene rings is 4. The van der Waals surface area contributed by atoms with Gasteiger partial charge in [0.1, 0.15) is 23.0 Å². The summed E-state index contributed by atoms with van der Waals surface area (Å²) in [4.78, 5) is 43.4. The van der Waals surface area contributed by atoms with Crippen molar-refractivity contribution in [3.05, 3.63) is 200 Å². The molecule has 4 aromatic heterocycles. The second-order valence-corrected chi connectivity index (χ2v) is 18.7. The summed E-state index contributed by atoms with van der Waals surface area (Å²) in [6.45, 7) is 9.51. The van der Waals surface area contributed by atoms with E-state index in [-0.39, 0.29) is 23.2 Å². The highest BCUT2D eigenvalue weighted by atomic mass is 19.1. The lowest BCUT2D eigenvalue weighted by atomic mass is 9.96. The first-order chi connectivity index (χ1) is 36.1. The molecule has 2 saturated heterocycles. The Morgan fingerprint density at radius 1 is 0.514 bits per heavy atom. The minimum atomic E-state index is -0.491. The van der Waals surface area contributed by atoms with Crippen LogP contribution in [0.2, 0.25) is 0 Å². The number of pyridine rings is 4. The highest BCUT2D eigenvalue weighted by molar-refractivity contribution is 5.76. The first-order valence-corrected chi connectivity index (χ1v) is 24.8. The number of para-hydroxylation sites is 2. The van der Waals surface area contributed by atoms with Crippen molar-refractivity contribution in [2.45, 2.75) is 38.8 Å². The molecule has 16 heteroatoms. The molecule has 0 bridgehead atoms. The molecule has 2 unspecified atom stereocenters. The van der Waals surface area contributed by atoms with Crippen LogP contribution < -0.4 is 41.0 Å². The molecule has 2 fully saturated rings. The van der Waals surface area contributed by atoms with Crippen LogP contribution in [0.15, 0.2) is 143 Å². The van der Waals surface area contributed by atoms with Gasteiger partial charge in [-0.05, 0) is 110 Å². The van der Waals surface area contributed by atoms with Crippen molar-refractivity contribution in [1.82, 2.24) is 19.9 Å². The van der Waals surface area contributed by atoms with Crippen LogP contribution in [-0.4, -0.2) is 72.5 Å². The third kappa shape index (κ3) is 10.6. The number of aromatic nitrogens is 4. The van der Waals surface area contributed by atoms with Gasteiger partial charge >= 0.3 is 0 Å². The number of anilines is 4. The largest absolute Gasteiger partial charge is 0.456 e. The Bertz CT molecular complexity index is 3260. The third-order valence-corrected chi connectivity index (χ3v) is 13.6. The van der Waals surface area contributed by atoms with Crippen molar-refractivity contribution in [3.63, 3.8) is 0 Å². The van der Waals surface area contributed by atoms with Gasteiger partial charge in [-0.3, -0.25) is 9.59 Å². The van der Waals surface area contributed by atoms with E-state index in [9.17, 15) is 18.4 Å². The van der Waals surface area contributed by atoms with Crippen LogP contribution in [-0.2, 0) is 22.3 Å². The van der Waals surface area contributed by atoms with Gasteiger partial charge in [0.2, 0.25) is 23.0 Å². The van der Waals surface area contributed by atoms with Crippen LogP contribution in [0.1, 0.15) is 59.6 Å². The van der Waals surface area contributed by atoms with E-state index in [4.69, 9.17) is 18.9 Å². The standard InChI is InChI=1S/2C29H27FN4O3/c2*1-18(24-6-3-7-27(30)32-24)31-21-8-9-26-20(15-21)14-19-4-2-5-23(29(19)37-26)25-16-22(17-28(35)33-25)34-10-12-36-13-11-34/h2*2-9,15-18,31H,10-14H2,1H3,(H,33,35). The summed E-state index contributed by atoms with van der Waals surface area (Å²) in [5.41, 5.74) is 11.9. The summed E-state index contributed by atoms with van der Waals surface area (Å²) in [6.07, 6.45) is 1.38. The fraction of sp³-hybridized carbons (Fsp3) is 0.241. The number of morpholine rings is 2. The van der Waals surface area contributed by atoms with Gasteiger partial charge in [-0.25, -0.2) is 9.97 Å². The number of aromatic amines is 2. The number of halogens is 2. The molecule has 4 aliphatic rings. The number of H-pyrrole nitrogens is 2. The van der Waals surface area contributed by atoms with E-state index in [1.165, 1.54) is 12.1 Å². The minimum absolute atomic E-state index is 0.148. The van der Waals surface area contributed by atoms with Gasteiger partial charge in [0, 0.05) is 96.2 Å². The van der Waals surface area contributed by atoms with Crippen LogP contribution in [0.3, 0.4) is 0 Å². The van der Waals surface area contributed by atoms with E-state index in [1.807, 2.05) is 86.6 Å². The molecule has 0 aliphatic carbocycles. The number of fused-ring (bicyclic) bond motifs is 4. The Labute approximate surface area is 426 Å². The number of ether oxygens (including phenoxy) is 4. The maximum absolute atomic E-state index is 13.5. The zero-order valence-corrected chi connectivity index (χ0v) is 40.9. The molecule has 12 rings (SSSR count). The molecule has 74 heavy (non-hydrogen) atoms. The smallest absolute Gasteiger partial charge is 0.250 e. The average Bonchev–Trinajstić information content (AvgIpc) is 3.42. The molecule has 0 radical (unpaired) electrons. The molecular weight excluding hydrogens is 943 g/mol. The second-order valence-electron chi connectivity index (χ2n) is 18.7. The van der Waals surface area contributed by atoms with Crippen LogP contribution in [0.25, 0.3) is 22.5 Å². The molecule has 8 aromatic rings. The fourth-order valence-electron chi connectivity index (χ4n) is 9.89. The van der Waals surface area contributed by atoms with E-state index < -0.39 is 11.9 Å². The fourth-order valence-corrected chi connectivity index (χ4v) is 9.89. The summed E-state index contributed by atoms with van der Waals surface area (Å²) < 4.78 is 50.8. The maximum atomic E-state index is 13.5. The van der Waals surface area contributed by atoms with Crippen molar-refractivity contribution in [1.29, 1.82) is 0 Å². The van der Waals surface area contributed by atoms with Gasteiger partial charge in [0.05, 0.1) is 61.3 Å². The van der Waals surface area contributed by atoms with Crippen LogP contribution in [0, 0.1) is 11.9 Å². The molecule has 0 amide bonds. The van der Waals surface area contributed by atoms with Crippen LogP contribution >= 0.6 is 0 Å². The maximum Gasteiger partial charge on any atom is 0.250 e. The van der Waals surface area contributed by atoms with E-state index in [0.29, 0.717) is 50.7 Å². The highest BCUT2D eigenvalue weighted by Gasteiger charge is 2.25. The van der Waals surface area contributed by atoms with Crippen LogP contribution in [0.4, 0.5) is 31.5 Å². The van der Waals surface area contributed by atoms with Gasteiger partial charge in [-0.1, -0.05) is 36.4 Å². The molecule has 376 valence electrons. The first-order valence-electron chi connectivity index (χ1n) is 24.8. The average molecular weight is 997 g/mol. The Balaban J connectivity index is 0.000000159. The van der Waals surface area contributed by atoms with E-state index in [0.717, 1.165) is 117 Å². The van der Waals surface area contributed by atoms with E-state index in [1.54, 1.807) is 36.4 Å². The molecule has 4 N–H and O–H groups in total. The predicted molar refractivity (Wildman–Crippen MR) is 282 cm³/mol. The van der Waals surface area contributed by atoms with Gasteiger partial charge in [0.25, 0.3) is 0 Å². The lowest BCUT2D eigenvalue weighted by Gasteiger charge is -2.29. The van der Waals surface area contributed by atoms with Crippen molar-refractivity contribution < 1.29 is 27.7 Å². The molecule has 4 aromatic carbocycles. The Hall–Kier alpha value is -8.34. The molecule has 2 atom stereocenters. The van der Waals surface area contributed by atoms with Crippen molar-refractivity contribution >= 4 is 22.7 Å². The van der Waals surface area contributed by atoms with Gasteiger partial charge in [0.15, 0.2) is 0 Å². The molecule has 4 aliphatic heterocycles. The molecule has 0 spiro atoms. The molecule has 8 heterocycles. The number of rotatable bonds is 10. The quantitative estimate of drug-likeness (QED) is 0.0963. The first kappa shape index (κ1) is 48.0. The number of hydrogen-bond acceptors (Lipinski definition) is 12. The summed E-state index contributed by atoms with van der Waals surface area (Å²) in [6, 6.07) is 40.5. The molecule has 0 saturated carbocycles. The predicted octanol–water partition coefficient (Wildman–Crippen LogP) is 10.6. The Kier molecular flexibility index (Phi) is 13.6. The van der Waals surface area contributed by atoms with Crippen molar-refractivity contribution in [3.8, 4) is 45.5 Å². The number of nitrogens with one attached hydrogen (secondary N) is 4. The van der Waals surface area contributed by atoms with E-state index >= 15 is 0 Å². The normalized spacial score (nSPS) is 15.4. The van der Waals surface area contributed by atoms with Gasteiger partial charge < -0.3 is 49.3 Å². The summed E-state index contributed by atoms with van der Waals surface area (Å²) in [5.74, 6) is 2.07. The SMILES string of the molecule is CC(Nc1ccc2c(c1)Cc1cccc(-c3cc(N4CCOCC4)cc(=O)[nH]3)c1O2)c1cccc(F)n1.CC(Nc1ccc2c(c1)Cc1cccc(-c3cc(N4CCOCC4)cc(=O)[nH]3)c1O2)c1cccc(F)n1. The summed E-state index contributed by atoms with van der Waals surface area (Å²) in [5, 5.41) is 6.80. The molecule has 14 nitrogen and oxygen atoms in total. The highest BCUT2D eigenvalue weighted by Crippen LogP contribution is 2.45. The molecular formula is C58H54F2N8O6. The zero-order chi connectivity index (χ0) is 50.7. The topological polar surface area (TPSA) is 159 Å². The third-order valence-electron chi connectivity index (χ3n) is 13.6. The number of nitrogens with zero attached hydrogens (tertiary/aromatic N) is 4. The summed E-state index contributed by atoms with van der Waals surface area (Å²) >= 11 is 0. The van der Waals surface area contributed by atoms with Crippen LogP contribution in [0.5, 0.6) is 23.0 Å². The zero-order valence-electron chi connectivity index (χ0n) is 40.9. The number of hydrogen-bond donors (Lipinski definition) is 4. The van der Waals surface area contributed by atoms with Gasteiger partial charge in [-0.15, -0.1) is 0 Å². The lowest BCUT2D eigenvalue weighted by Crippen LogP contribution is -2.36. The summed E-state index contributed by atoms with van der Waals surface area (Å²) in [7, 11) is 0. The van der Waals surface area contributed by atoms with Gasteiger partial charge in [-0.2, -0.15) is 8.78 Å². The lowest BCUT2D eigenvalue weighted by molar-refractivity contribution is 0.122. The monoisotopic (exact) mass is 996 g/mol. The van der Waals surface area contributed by atoms with Crippen molar-refractivity contribution in [2.75, 3.05) is 73.0 Å². The Morgan fingerprint density at radius 3 is 1.35 bits per heavy atom. The minimum Gasteiger partial charge on any atom is -0.456 e. The van der Waals surface area contributed by atoms with E-state index in [2.05, 4.69) is 52.5 Å². The Morgan fingerprint density at radius 2 is 0.932 bits per heavy atom. The van der Waals surface area contributed by atoms with Crippen molar-refractivity contribution in [2.24, 2.45) is 0 Å².